The quantitative estimate of drug-likeness (QED) is 0.0329. The largest absolute Gasteiger partial charge is 0.507 e. The van der Waals surface area contributed by atoms with Crippen LogP contribution in [0.3, 0.4) is 0 Å². The third-order valence-corrected chi connectivity index (χ3v) is 11.1. The number of hydrogen-bond acceptors (Lipinski definition) is 6. The average molecular weight is 881 g/mol. The minimum absolute atomic E-state index is 0.00752. The van der Waals surface area contributed by atoms with Crippen LogP contribution in [0.25, 0.3) is 0 Å². The van der Waals surface area contributed by atoms with Gasteiger partial charge in [-0.2, -0.15) is 0 Å². The van der Waals surface area contributed by atoms with E-state index >= 15 is 0 Å². The van der Waals surface area contributed by atoms with Crippen molar-refractivity contribution in [1.29, 1.82) is 0 Å². The van der Waals surface area contributed by atoms with Crippen LogP contribution in [0.15, 0.2) is 36.4 Å². The van der Waals surface area contributed by atoms with E-state index in [4.69, 9.17) is 4.74 Å². The Balaban J connectivity index is 2.55. The normalized spacial score (nSPS) is 11.6. The van der Waals surface area contributed by atoms with E-state index < -0.39 is 11.7 Å². The number of nitrogens with one attached hydrogen (secondary N) is 4. The number of phenolic OH excluding ortho intramolecular Hbond substituents is 1. The molecule has 0 aromatic heterocycles. The van der Waals surface area contributed by atoms with Crippen LogP contribution in [-0.2, 0) is 38.8 Å². The zero-order chi connectivity index (χ0) is 46.2. The highest BCUT2D eigenvalue weighted by Gasteiger charge is 2.17. The Hall–Kier alpha value is -3.82. The Labute approximate surface area is 384 Å². The van der Waals surface area contributed by atoms with E-state index in [9.17, 15) is 24.3 Å². The van der Waals surface area contributed by atoms with Gasteiger partial charge < -0.3 is 31.1 Å². The summed E-state index contributed by atoms with van der Waals surface area (Å²) in [6, 6.07) is 3.57. The van der Waals surface area contributed by atoms with Gasteiger partial charge in [-0.05, 0) is 103 Å². The number of carbonyl (C=O) groups excluding carboxylic acids is 4. The van der Waals surface area contributed by atoms with Gasteiger partial charge in [0, 0.05) is 56.6 Å². The standard InChI is InChI=1S/C53H92N4O6/c1-6-8-10-12-14-16-18-20-22-24-26-28-30-32-34-36-48(58)55-42-45-40-46(51(61)47(41-45)44-57-50(60)38-39-54-52(62)63-53(3,4)5)43-56-49(59)37-35-33-31-29-27-25-23-21-19-17-15-13-11-9-7-2/h20-23,40-41,61H,6-19,24-39,42-44H2,1-5H3,(H,54,62)(H,55,58)(H,56,59)(H,57,60)/b22-20-,23-21-. The Morgan fingerprint density at radius 2 is 0.841 bits per heavy atom. The summed E-state index contributed by atoms with van der Waals surface area (Å²) >= 11 is 0. The summed E-state index contributed by atoms with van der Waals surface area (Å²) in [6.45, 7) is 10.4. The molecule has 0 bridgehead atoms. The molecule has 4 amide bonds. The van der Waals surface area contributed by atoms with Gasteiger partial charge in [-0.25, -0.2) is 4.79 Å². The smallest absolute Gasteiger partial charge is 0.407 e. The summed E-state index contributed by atoms with van der Waals surface area (Å²) in [4.78, 5) is 50.2. The van der Waals surface area contributed by atoms with Gasteiger partial charge in [0.25, 0.3) is 0 Å². The van der Waals surface area contributed by atoms with Gasteiger partial charge in [0.1, 0.15) is 11.4 Å². The number of rotatable bonds is 39. The SMILES string of the molecule is CCCCCCCC/C=C\CCCCCCCC(=O)NCc1cc(CNC(=O)CCCCCCC/C=C\CCCCCCCC)c(O)c(CNC(=O)CCNC(=O)OC(C)(C)C)c1. The van der Waals surface area contributed by atoms with Gasteiger partial charge >= 0.3 is 6.09 Å². The molecule has 1 rings (SSSR count). The molecular weight excluding hydrogens is 789 g/mol. The predicted molar refractivity (Wildman–Crippen MR) is 261 cm³/mol. The summed E-state index contributed by atoms with van der Waals surface area (Å²) in [5.74, 6) is -0.410. The Kier molecular flexibility index (Phi) is 35.1. The lowest BCUT2D eigenvalue weighted by Crippen LogP contribution is -2.35. The third-order valence-electron chi connectivity index (χ3n) is 11.1. The second-order valence-electron chi connectivity index (χ2n) is 18.4. The Morgan fingerprint density at radius 1 is 0.492 bits per heavy atom. The molecule has 0 radical (unpaired) electrons. The number of phenols is 1. The molecule has 0 unspecified atom stereocenters. The molecule has 0 saturated carbocycles. The van der Waals surface area contributed by atoms with Crippen molar-refractivity contribution in [1.82, 2.24) is 21.3 Å². The van der Waals surface area contributed by atoms with Gasteiger partial charge in [-0.1, -0.05) is 141 Å². The second kappa shape index (κ2) is 38.6. The first kappa shape index (κ1) is 57.2. The van der Waals surface area contributed by atoms with Gasteiger partial charge in [-0.15, -0.1) is 0 Å². The van der Waals surface area contributed by atoms with Crippen molar-refractivity contribution in [2.75, 3.05) is 6.54 Å². The molecule has 360 valence electrons. The summed E-state index contributed by atoms with van der Waals surface area (Å²) in [6.07, 6.45) is 40.9. The third kappa shape index (κ3) is 35.2. The minimum Gasteiger partial charge on any atom is -0.507 e. The summed E-state index contributed by atoms with van der Waals surface area (Å²) in [5.41, 5.74) is 1.13. The van der Waals surface area contributed by atoms with Crippen molar-refractivity contribution >= 4 is 23.8 Å². The number of carbonyl (C=O) groups is 4. The second-order valence-corrected chi connectivity index (χ2v) is 18.4. The van der Waals surface area contributed by atoms with Crippen molar-refractivity contribution in [3.63, 3.8) is 0 Å². The number of allylic oxidation sites excluding steroid dienone is 4. The van der Waals surface area contributed by atoms with Crippen molar-refractivity contribution < 1.29 is 29.0 Å². The molecule has 0 aliphatic heterocycles. The van der Waals surface area contributed by atoms with Crippen molar-refractivity contribution in [2.45, 2.75) is 246 Å². The van der Waals surface area contributed by atoms with E-state index in [-0.39, 0.29) is 56.1 Å². The lowest BCUT2D eigenvalue weighted by atomic mass is 10.0. The van der Waals surface area contributed by atoms with Gasteiger partial charge in [-0.3, -0.25) is 14.4 Å². The highest BCUT2D eigenvalue weighted by Crippen LogP contribution is 2.25. The van der Waals surface area contributed by atoms with Crippen LogP contribution in [0, 0.1) is 0 Å². The number of benzene rings is 1. The first-order chi connectivity index (χ1) is 30.4. The van der Waals surface area contributed by atoms with Crippen LogP contribution in [0.2, 0.25) is 0 Å². The van der Waals surface area contributed by atoms with Crippen LogP contribution < -0.4 is 21.3 Å². The molecule has 0 spiro atoms. The maximum absolute atomic E-state index is 12.8. The first-order valence-corrected chi connectivity index (χ1v) is 25.4. The van der Waals surface area contributed by atoms with Crippen LogP contribution in [0.4, 0.5) is 4.79 Å². The van der Waals surface area contributed by atoms with Crippen molar-refractivity contribution in [3.8, 4) is 5.75 Å². The number of amides is 4. The van der Waals surface area contributed by atoms with Crippen LogP contribution in [0.5, 0.6) is 5.75 Å². The van der Waals surface area contributed by atoms with Crippen LogP contribution >= 0.6 is 0 Å². The zero-order valence-electron chi connectivity index (χ0n) is 40.8. The molecule has 10 heteroatoms. The van der Waals surface area contributed by atoms with Gasteiger partial charge in [0.2, 0.25) is 17.7 Å². The first-order valence-electron chi connectivity index (χ1n) is 25.4. The van der Waals surface area contributed by atoms with E-state index in [0.29, 0.717) is 24.0 Å². The monoisotopic (exact) mass is 881 g/mol. The predicted octanol–water partition coefficient (Wildman–Crippen LogP) is 13.2. The molecule has 0 aliphatic rings. The van der Waals surface area contributed by atoms with Gasteiger partial charge in [0.05, 0.1) is 0 Å². The number of aromatic hydroxyl groups is 1. The summed E-state index contributed by atoms with van der Waals surface area (Å²) in [5, 5.41) is 22.6. The maximum atomic E-state index is 12.8. The lowest BCUT2D eigenvalue weighted by molar-refractivity contribution is -0.122. The lowest BCUT2D eigenvalue weighted by Gasteiger charge is -2.19. The number of ether oxygens (including phenoxy) is 1. The Morgan fingerprint density at radius 3 is 1.24 bits per heavy atom. The highest BCUT2D eigenvalue weighted by atomic mass is 16.6. The van der Waals surface area contributed by atoms with Crippen molar-refractivity contribution in [3.05, 3.63) is 53.1 Å². The minimum atomic E-state index is -0.640. The average Bonchev–Trinajstić information content (AvgIpc) is 3.24. The van der Waals surface area contributed by atoms with Crippen LogP contribution in [0.1, 0.15) is 238 Å². The number of unbranched alkanes of at least 4 members (excludes halogenated alkanes) is 22. The van der Waals surface area contributed by atoms with Gasteiger partial charge in [0.15, 0.2) is 0 Å². The number of hydrogen-bond donors (Lipinski definition) is 5. The molecule has 10 nitrogen and oxygen atoms in total. The van der Waals surface area contributed by atoms with E-state index in [0.717, 1.165) is 63.4 Å². The Bertz CT molecular complexity index is 1420. The molecule has 0 heterocycles. The summed E-state index contributed by atoms with van der Waals surface area (Å²) in [7, 11) is 0. The highest BCUT2D eigenvalue weighted by molar-refractivity contribution is 5.77. The fourth-order valence-corrected chi connectivity index (χ4v) is 7.36. The fourth-order valence-electron chi connectivity index (χ4n) is 7.36. The molecular formula is C53H92N4O6. The molecule has 0 saturated heterocycles. The van der Waals surface area contributed by atoms with Crippen LogP contribution in [-0.4, -0.2) is 41.1 Å². The molecule has 63 heavy (non-hydrogen) atoms. The zero-order valence-corrected chi connectivity index (χ0v) is 40.8. The molecule has 5 N–H and O–H groups in total. The molecule has 0 atom stereocenters. The fraction of sp³-hybridized carbons (Fsp3) is 0.736. The number of alkyl carbamates (subject to hydrolysis) is 1. The van der Waals surface area contributed by atoms with E-state index in [2.05, 4.69) is 59.4 Å². The molecule has 0 fully saturated rings. The topological polar surface area (TPSA) is 146 Å². The molecule has 0 aliphatic carbocycles. The summed E-state index contributed by atoms with van der Waals surface area (Å²) < 4.78 is 5.23. The van der Waals surface area contributed by atoms with E-state index in [1.54, 1.807) is 32.9 Å². The van der Waals surface area contributed by atoms with Crippen molar-refractivity contribution in [2.24, 2.45) is 0 Å². The van der Waals surface area contributed by atoms with E-state index in [1.807, 2.05) is 0 Å². The molecule has 1 aromatic carbocycles. The molecule has 1 aromatic rings. The van der Waals surface area contributed by atoms with E-state index in [1.165, 1.54) is 109 Å². The maximum Gasteiger partial charge on any atom is 0.407 e.